The van der Waals surface area contributed by atoms with Crippen molar-refractivity contribution in [2.24, 2.45) is 0 Å². The van der Waals surface area contributed by atoms with E-state index in [0.29, 0.717) is 39.3 Å². The first-order chi connectivity index (χ1) is 14.9. The number of thiazole rings is 1. The van der Waals surface area contributed by atoms with Crippen LogP contribution in [0.1, 0.15) is 38.2 Å². The Balaban J connectivity index is 1.99. The lowest BCUT2D eigenvalue weighted by atomic mass is 10.1. The number of rotatable bonds is 8. The topological polar surface area (TPSA) is 68.7 Å². The van der Waals surface area contributed by atoms with E-state index in [-0.39, 0.29) is 18.2 Å². The molecule has 0 saturated heterocycles. The van der Waals surface area contributed by atoms with Crippen molar-refractivity contribution in [1.29, 1.82) is 0 Å². The summed E-state index contributed by atoms with van der Waals surface area (Å²) >= 11 is 7.42. The van der Waals surface area contributed by atoms with Gasteiger partial charge in [-0.25, -0.2) is 9.78 Å². The fourth-order valence-corrected chi connectivity index (χ4v) is 4.14. The fraction of sp³-hybridized carbons (Fsp3) is 0.261. The van der Waals surface area contributed by atoms with Crippen LogP contribution in [0.4, 0.5) is 5.13 Å². The van der Waals surface area contributed by atoms with Gasteiger partial charge in [0, 0.05) is 16.4 Å². The second kappa shape index (κ2) is 10.4. The van der Waals surface area contributed by atoms with Crippen molar-refractivity contribution in [3.05, 3.63) is 75.3 Å². The molecule has 6 nitrogen and oxygen atoms in total. The van der Waals surface area contributed by atoms with Crippen molar-refractivity contribution in [2.45, 2.75) is 20.3 Å². The number of amides is 1. The zero-order chi connectivity index (χ0) is 22.4. The van der Waals surface area contributed by atoms with Crippen LogP contribution in [0.5, 0.6) is 5.75 Å². The minimum Gasteiger partial charge on any atom is -0.496 e. The Kier molecular flexibility index (Phi) is 7.65. The average Bonchev–Trinajstić information content (AvgIpc) is 3.16. The number of ether oxygens (including phenoxy) is 2. The summed E-state index contributed by atoms with van der Waals surface area (Å²) < 4.78 is 10.5. The van der Waals surface area contributed by atoms with Crippen molar-refractivity contribution in [3.8, 4) is 5.75 Å². The van der Waals surface area contributed by atoms with Crippen LogP contribution in [-0.2, 0) is 11.2 Å². The molecule has 2 aromatic carbocycles. The fourth-order valence-electron chi connectivity index (χ4n) is 3.05. The second-order valence-corrected chi connectivity index (χ2v) is 8.28. The zero-order valence-corrected chi connectivity index (χ0v) is 19.1. The highest BCUT2D eigenvalue weighted by Gasteiger charge is 2.26. The normalized spacial score (nSPS) is 10.6. The Morgan fingerprint density at radius 2 is 1.90 bits per heavy atom. The minimum atomic E-state index is -0.502. The highest BCUT2D eigenvalue weighted by atomic mass is 35.5. The van der Waals surface area contributed by atoms with Gasteiger partial charge in [-0.2, -0.15) is 0 Å². The van der Waals surface area contributed by atoms with Gasteiger partial charge in [0.2, 0.25) is 0 Å². The van der Waals surface area contributed by atoms with Crippen LogP contribution in [0.25, 0.3) is 0 Å². The number of halogens is 1. The van der Waals surface area contributed by atoms with Crippen LogP contribution in [0.3, 0.4) is 0 Å². The van der Waals surface area contributed by atoms with Gasteiger partial charge in [0.1, 0.15) is 5.75 Å². The van der Waals surface area contributed by atoms with E-state index in [1.54, 1.807) is 36.9 Å². The molecule has 0 radical (unpaired) electrons. The van der Waals surface area contributed by atoms with Gasteiger partial charge >= 0.3 is 5.97 Å². The van der Waals surface area contributed by atoms with E-state index in [1.807, 2.05) is 30.3 Å². The molecule has 162 valence electrons. The molecule has 31 heavy (non-hydrogen) atoms. The summed E-state index contributed by atoms with van der Waals surface area (Å²) in [5.74, 6) is -0.393. The molecule has 0 bridgehead atoms. The number of anilines is 1. The van der Waals surface area contributed by atoms with Gasteiger partial charge in [-0.05, 0) is 44.0 Å². The third kappa shape index (κ3) is 5.42. The number of aromatic nitrogens is 1. The van der Waals surface area contributed by atoms with Gasteiger partial charge in [-0.3, -0.25) is 9.69 Å². The molecule has 0 aliphatic rings. The number of benzene rings is 2. The Morgan fingerprint density at radius 3 is 2.58 bits per heavy atom. The van der Waals surface area contributed by atoms with Crippen molar-refractivity contribution in [3.63, 3.8) is 0 Å². The SMILES string of the molecule is CCOC(=O)c1nc(N(CCc2ccccc2)C(=O)c2cc(Cl)ccc2OC)sc1C. The van der Waals surface area contributed by atoms with Crippen LogP contribution in [-0.4, -0.2) is 37.1 Å². The quantitative estimate of drug-likeness (QED) is 0.435. The molecule has 3 rings (SSSR count). The lowest BCUT2D eigenvalue weighted by molar-refractivity contribution is 0.0519. The van der Waals surface area contributed by atoms with Crippen molar-refractivity contribution in [1.82, 2.24) is 4.98 Å². The first-order valence-electron chi connectivity index (χ1n) is 9.78. The molecule has 8 heteroatoms. The highest BCUT2D eigenvalue weighted by Crippen LogP contribution is 2.31. The number of methoxy groups -OCH3 is 1. The van der Waals surface area contributed by atoms with Crippen LogP contribution >= 0.6 is 22.9 Å². The number of nitrogens with zero attached hydrogens (tertiary/aromatic N) is 2. The highest BCUT2D eigenvalue weighted by molar-refractivity contribution is 7.16. The molecule has 0 spiro atoms. The van der Waals surface area contributed by atoms with Crippen LogP contribution < -0.4 is 9.64 Å². The molecule has 1 heterocycles. The Hall–Kier alpha value is -2.90. The van der Waals surface area contributed by atoms with Gasteiger partial charge in [0.05, 0.1) is 19.3 Å². The predicted molar refractivity (Wildman–Crippen MR) is 123 cm³/mol. The molecule has 0 aliphatic heterocycles. The van der Waals surface area contributed by atoms with Crippen molar-refractivity contribution in [2.75, 3.05) is 25.2 Å². The number of carbonyl (C=O) groups excluding carboxylic acids is 2. The largest absolute Gasteiger partial charge is 0.496 e. The predicted octanol–water partition coefficient (Wildman–Crippen LogP) is 5.18. The van der Waals surface area contributed by atoms with Gasteiger partial charge < -0.3 is 9.47 Å². The maximum absolute atomic E-state index is 13.6. The zero-order valence-electron chi connectivity index (χ0n) is 17.6. The number of hydrogen-bond donors (Lipinski definition) is 0. The molecule has 1 amide bonds. The third-order valence-electron chi connectivity index (χ3n) is 4.59. The Morgan fingerprint density at radius 1 is 1.16 bits per heavy atom. The molecule has 0 atom stereocenters. The van der Waals surface area contributed by atoms with E-state index >= 15 is 0 Å². The molecule has 0 saturated carbocycles. The van der Waals surface area contributed by atoms with Crippen molar-refractivity contribution < 1.29 is 19.1 Å². The van der Waals surface area contributed by atoms with E-state index in [2.05, 4.69) is 4.98 Å². The summed E-state index contributed by atoms with van der Waals surface area (Å²) in [7, 11) is 1.50. The number of aryl methyl sites for hydroxylation is 1. The van der Waals surface area contributed by atoms with E-state index in [0.717, 1.165) is 5.56 Å². The van der Waals surface area contributed by atoms with E-state index in [9.17, 15) is 9.59 Å². The molecular formula is C23H23ClN2O4S. The smallest absolute Gasteiger partial charge is 0.358 e. The Labute approximate surface area is 190 Å². The lowest BCUT2D eigenvalue weighted by Crippen LogP contribution is -2.33. The van der Waals surface area contributed by atoms with Crippen molar-refractivity contribution >= 4 is 39.9 Å². The summed E-state index contributed by atoms with van der Waals surface area (Å²) in [6.45, 7) is 4.14. The second-order valence-electron chi connectivity index (χ2n) is 6.66. The third-order valence-corrected chi connectivity index (χ3v) is 5.82. The maximum Gasteiger partial charge on any atom is 0.358 e. The first kappa shape index (κ1) is 22.8. The molecule has 1 aromatic heterocycles. The van der Waals surface area contributed by atoms with Gasteiger partial charge in [-0.1, -0.05) is 41.9 Å². The number of esters is 1. The summed E-state index contributed by atoms with van der Waals surface area (Å²) in [5.41, 5.74) is 1.63. The standard InChI is InChI=1S/C23H23ClN2O4S/c1-4-30-22(28)20-15(2)31-23(25-20)26(13-12-16-8-6-5-7-9-16)21(27)18-14-17(24)10-11-19(18)29-3/h5-11,14H,4,12-13H2,1-3H3. The maximum atomic E-state index is 13.6. The summed E-state index contributed by atoms with van der Waals surface area (Å²) in [6, 6.07) is 14.7. The lowest BCUT2D eigenvalue weighted by Gasteiger charge is -2.21. The Bertz CT molecular complexity index is 1070. The van der Waals surface area contributed by atoms with Crippen LogP contribution in [0.15, 0.2) is 48.5 Å². The first-order valence-corrected chi connectivity index (χ1v) is 11.0. The number of hydrogen-bond acceptors (Lipinski definition) is 6. The average molecular weight is 459 g/mol. The van der Waals surface area contributed by atoms with Crippen LogP contribution in [0, 0.1) is 6.92 Å². The molecule has 0 aliphatic carbocycles. The minimum absolute atomic E-state index is 0.220. The van der Waals surface area contributed by atoms with Crippen LogP contribution in [0.2, 0.25) is 5.02 Å². The van der Waals surface area contributed by atoms with E-state index in [4.69, 9.17) is 21.1 Å². The van der Waals surface area contributed by atoms with E-state index < -0.39 is 5.97 Å². The summed E-state index contributed by atoms with van der Waals surface area (Å²) in [6.07, 6.45) is 0.614. The van der Waals surface area contributed by atoms with Gasteiger partial charge in [0.25, 0.3) is 5.91 Å². The molecule has 0 fully saturated rings. The van der Waals surface area contributed by atoms with Gasteiger partial charge in [0.15, 0.2) is 10.8 Å². The summed E-state index contributed by atoms with van der Waals surface area (Å²) in [4.78, 5) is 32.5. The van der Waals surface area contributed by atoms with E-state index in [1.165, 1.54) is 18.4 Å². The molecule has 0 unspecified atom stereocenters. The van der Waals surface area contributed by atoms with Gasteiger partial charge in [-0.15, -0.1) is 11.3 Å². The monoisotopic (exact) mass is 458 g/mol. The molecular weight excluding hydrogens is 436 g/mol. The number of carbonyl (C=O) groups is 2. The molecule has 3 aromatic rings. The molecule has 0 N–H and O–H groups in total. The summed E-state index contributed by atoms with van der Waals surface area (Å²) in [5, 5.41) is 0.846.